The third-order valence-corrected chi connectivity index (χ3v) is 2.60. The van der Waals surface area contributed by atoms with Gasteiger partial charge in [0, 0.05) is 6.54 Å². The molecule has 0 saturated carbocycles. The first-order valence-electron chi connectivity index (χ1n) is 4.88. The van der Waals surface area contributed by atoms with Crippen molar-refractivity contribution in [3.05, 3.63) is 29.0 Å². The van der Waals surface area contributed by atoms with Gasteiger partial charge >= 0.3 is 0 Å². The highest BCUT2D eigenvalue weighted by Crippen LogP contribution is 2.24. The van der Waals surface area contributed by atoms with Gasteiger partial charge in [0.15, 0.2) is 12.1 Å². The van der Waals surface area contributed by atoms with Crippen molar-refractivity contribution in [2.75, 3.05) is 0 Å². The number of halogens is 1. The topological polar surface area (TPSA) is 34.9 Å². The lowest BCUT2D eigenvalue weighted by atomic mass is 10.3. The first kappa shape index (κ1) is 10.2. The molecule has 2 rings (SSSR count). The molecule has 4 heteroatoms. The number of benzene rings is 1. The molecule has 0 saturated heterocycles. The van der Waals surface area contributed by atoms with Gasteiger partial charge in [0.05, 0.1) is 16.1 Å². The van der Waals surface area contributed by atoms with Crippen LogP contribution in [-0.4, -0.2) is 15.8 Å². The number of carbonyl (C=O) groups is 1. The Balaban J connectivity index is 2.76. The minimum atomic E-state index is 0.444. The number of imidazole rings is 1. The summed E-state index contributed by atoms with van der Waals surface area (Å²) in [6.45, 7) is 2.81. The van der Waals surface area contributed by atoms with E-state index in [9.17, 15) is 4.79 Å². The number of fused-ring (bicyclic) bond motifs is 1. The Morgan fingerprint density at radius 2 is 2.33 bits per heavy atom. The van der Waals surface area contributed by atoms with Gasteiger partial charge in [-0.15, -0.1) is 0 Å². The Hall–Kier alpha value is -1.35. The minimum absolute atomic E-state index is 0.444. The zero-order valence-corrected chi connectivity index (χ0v) is 9.16. The number of hydrogen-bond donors (Lipinski definition) is 0. The van der Waals surface area contributed by atoms with Gasteiger partial charge in [0.1, 0.15) is 0 Å². The fourth-order valence-electron chi connectivity index (χ4n) is 1.70. The maximum atomic E-state index is 10.9. The molecule has 2 aromatic rings. The van der Waals surface area contributed by atoms with Crippen molar-refractivity contribution in [3.63, 3.8) is 0 Å². The average Bonchev–Trinajstić information content (AvgIpc) is 2.58. The lowest BCUT2D eigenvalue weighted by molar-refractivity contribution is 0.111. The van der Waals surface area contributed by atoms with Crippen LogP contribution in [0.1, 0.15) is 24.0 Å². The Kier molecular flexibility index (Phi) is 2.73. The zero-order valence-electron chi connectivity index (χ0n) is 8.40. The fraction of sp³-hybridized carbons (Fsp3) is 0.273. The highest BCUT2D eigenvalue weighted by molar-refractivity contribution is 6.35. The predicted octanol–water partition coefficient (Wildman–Crippen LogP) is 2.91. The van der Waals surface area contributed by atoms with Crippen LogP contribution in [0.25, 0.3) is 11.0 Å². The molecule has 0 aliphatic rings. The van der Waals surface area contributed by atoms with Gasteiger partial charge in [-0.3, -0.25) is 4.79 Å². The molecule has 1 aromatic heterocycles. The smallest absolute Gasteiger partial charge is 0.185 e. The standard InChI is InChI=1S/C11H11ClN2O/c1-2-6-14-10(7-15)13-9-5-3-4-8(12)11(9)14/h3-5,7H,2,6H2,1H3. The van der Waals surface area contributed by atoms with Crippen molar-refractivity contribution in [2.24, 2.45) is 0 Å². The second kappa shape index (κ2) is 4.03. The molecule has 0 N–H and O–H groups in total. The summed E-state index contributed by atoms with van der Waals surface area (Å²) in [5.74, 6) is 0.444. The second-order valence-electron chi connectivity index (χ2n) is 3.35. The maximum absolute atomic E-state index is 10.9. The van der Waals surface area contributed by atoms with Gasteiger partial charge in [-0.25, -0.2) is 4.98 Å². The van der Waals surface area contributed by atoms with Gasteiger partial charge < -0.3 is 4.57 Å². The normalized spacial score (nSPS) is 10.8. The van der Waals surface area contributed by atoms with E-state index in [1.165, 1.54) is 0 Å². The molecule has 3 nitrogen and oxygen atoms in total. The lowest BCUT2D eigenvalue weighted by Crippen LogP contribution is -2.02. The summed E-state index contributed by atoms with van der Waals surface area (Å²) >= 11 is 6.09. The molecule has 0 fully saturated rings. The van der Waals surface area contributed by atoms with Crippen LogP contribution < -0.4 is 0 Å². The molecule has 0 unspecified atom stereocenters. The van der Waals surface area contributed by atoms with E-state index in [0.717, 1.165) is 30.3 Å². The molecule has 0 bridgehead atoms. The van der Waals surface area contributed by atoms with Crippen LogP contribution in [0, 0.1) is 0 Å². The van der Waals surface area contributed by atoms with Gasteiger partial charge in [-0.1, -0.05) is 24.6 Å². The van der Waals surface area contributed by atoms with Crippen molar-refractivity contribution >= 4 is 28.9 Å². The molecular formula is C11H11ClN2O. The van der Waals surface area contributed by atoms with E-state index < -0.39 is 0 Å². The highest BCUT2D eigenvalue weighted by Gasteiger charge is 2.11. The SMILES string of the molecule is CCCn1c(C=O)nc2cccc(Cl)c21. The highest BCUT2D eigenvalue weighted by atomic mass is 35.5. The van der Waals surface area contributed by atoms with E-state index in [0.29, 0.717) is 10.8 Å². The van der Waals surface area contributed by atoms with Crippen LogP contribution in [0.5, 0.6) is 0 Å². The van der Waals surface area contributed by atoms with Crippen molar-refractivity contribution in [1.82, 2.24) is 9.55 Å². The predicted molar refractivity (Wildman–Crippen MR) is 60.4 cm³/mol. The van der Waals surface area contributed by atoms with E-state index in [-0.39, 0.29) is 0 Å². The maximum Gasteiger partial charge on any atom is 0.185 e. The van der Waals surface area contributed by atoms with E-state index in [1.807, 2.05) is 22.8 Å². The van der Waals surface area contributed by atoms with Gasteiger partial charge in [0.25, 0.3) is 0 Å². The molecule has 78 valence electrons. The molecule has 1 heterocycles. The van der Waals surface area contributed by atoms with E-state index in [4.69, 9.17) is 11.6 Å². The van der Waals surface area contributed by atoms with Crippen LogP contribution in [0.4, 0.5) is 0 Å². The summed E-state index contributed by atoms with van der Waals surface area (Å²) < 4.78 is 1.87. The number of nitrogens with zero attached hydrogens (tertiary/aromatic N) is 2. The van der Waals surface area contributed by atoms with Gasteiger partial charge in [0.2, 0.25) is 0 Å². The van der Waals surface area contributed by atoms with E-state index >= 15 is 0 Å². The van der Waals surface area contributed by atoms with Crippen LogP contribution in [0.3, 0.4) is 0 Å². The quantitative estimate of drug-likeness (QED) is 0.749. The third-order valence-electron chi connectivity index (χ3n) is 2.30. The number of aldehydes is 1. The number of para-hydroxylation sites is 1. The first-order valence-corrected chi connectivity index (χ1v) is 5.25. The summed E-state index contributed by atoms with van der Waals surface area (Å²) in [5, 5.41) is 0.640. The molecule has 0 spiro atoms. The van der Waals surface area contributed by atoms with Crippen LogP contribution in [0.15, 0.2) is 18.2 Å². The second-order valence-corrected chi connectivity index (χ2v) is 3.75. The zero-order chi connectivity index (χ0) is 10.8. The van der Waals surface area contributed by atoms with Crippen LogP contribution >= 0.6 is 11.6 Å². The number of aromatic nitrogens is 2. The lowest BCUT2D eigenvalue weighted by Gasteiger charge is -2.04. The molecular weight excluding hydrogens is 212 g/mol. The Bertz CT molecular complexity index is 505. The number of hydrogen-bond acceptors (Lipinski definition) is 2. The minimum Gasteiger partial charge on any atom is -0.321 e. The largest absolute Gasteiger partial charge is 0.321 e. The monoisotopic (exact) mass is 222 g/mol. The summed E-state index contributed by atoms with van der Waals surface area (Å²) in [6, 6.07) is 5.51. The van der Waals surface area contributed by atoms with Crippen molar-refractivity contribution in [3.8, 4) is 0 Å². The molecule has 0 atom stereocenters. The third kappa shape index (κ3) is 1.63. The molecule has 0 amide bonds. The Morgan fingerprint density at radius 3 is 3.00 bits per heavy atom. The molecule has 15 heavy (non-hydrogen) atoms. The number of carbonyl (C=O) groups excluding carboxylic acids is 1. The summed E-state index contributed by atoms with van der Waals surface area (Å²) in [6.07, 6.45) is 1.71. The Labute approximate surface area is 92.7 Å². The van der Waals surface area contributed by atoms with E-state index in [2.05, 4.69) is 11.9 Å². The van der Waals surface area contributed by atoms with E-state index in [1.54, 1.807) is 0 Å². The van der Waals surface area contributed by atoms with Gasteiger partial charge in [-0.2, -0.15) is 0 Å². The first-order chi connectivity index (χ1) is 7.27. The summed E-state index contributed by atoms with van der Waals surface area (Å²) in [4.78, 5) is 15.1. The number of aryl methyl sites for hydroxylation is 1. The van der Waals surface area contributed by atoms with Crippen LogP contribution in [-0.2, 0) is 6.54 Å². The average molecular weight is 223 g/mol. The molecule has 0 aliphatic carbocycles. The molecule has 0 radical (unpaired) electrons. The van der Waals surface area contributed by atoms with Crippen molar-refractivity contribution in [1.29, 1.82) is 0 Å². The van der Waals surface area contributed by atoms with Crippen molar-refractivity contribution < 1.29 is 4.79 Å². The summed E-state index contributed by atoms with van der Waals surface area (Å²) in [5.41, 5.74) is 1.63. The van der Waals surface area contributed by atoms with Crippen LogP contribution in [0.2, 0.25) is 5.02 Å². The van der Waals surface area contributed by atoms with Gasteiger partial charge in [-0.05, 0) is 18.6 Å². The molecule has 1 aromatic carbocycles. The Morgan fingerprint density at radius 1 is 1.53 bits per heavy atom. The number of rotatable bonds is 3. The molecule has 0 aliphatic heterocycles. The fourth-order valence-corrected chi connectivity index (χ4v) is 1.97. The summed E-state index contributed by atoms with van der Waals surface area (Å²) in [7, 11) is 0. The van der Waals surface area contributed by atoms with Crippen molar-refractivity contribution in [2.45, 2.75) is 19.9 Å².